The molecule has 1 heterocycles. The van der Waals surface area contributed by atoms with Crippen molar-refractivity contribution in [3.05, 3.63) is 0 Å². The minimum absolute atomic E-state index is 0.817. The molecule has 1 rings (SSSR count). The van der Waals surface area contributed by atoms with Gasteiger partial charge in [0.05, 0.1) is 0 Å². The van der Waals surface area contributed by atoms with E-state index in [4.69, 9.17) is 0 Å². The minimum Gasteiger partial charge on any atom is -0.154 e. The Bertz CT molecular complexity index is 206. The normalized spacial score (nSPS) is 34.6. The number of rotatable bonds is 4. The molecule has 0 saturated carbocycles. The van der Waals surface area contributed by atoms with E-state index in [-0.39, 0.29) is 0 Å². The lowest BCUT2D eigenvalue weighted by molar-refractivity contribution is 0.176. The van der Waals surface area contributed by atoms with Gasteiger partial charge in [0.1, 0.15) is 0 Å². The van der Waals surface area contributed by atoms with Gasteiger partial charge >= 0.3 is 0 Å². The Hall–Kier alpha value is 0.350. The Morgan fingerprint density at radius 3 is 1.00 bits per heavy atom. The third-order valence-electron chi connectivity index (χ3n) is 4.37. The molecule has 0 aromatic heterocycles. The highest BCUT2D eigenvalue weighted by molar-refractivity contribution is 8.00. The molecular formula is C16H32S. The largest absolute Gasteiger partial charge is 0.154 e. The molecule has 1 fully saturated rings. The van der Waals surface area contributed by atoms with Crippen LogP contribution in [0.25, 0.3) is 0 Å². The summed E-state index contributed by atoms with van der Waals surface area (Å²) in [6.45, 7) is 19.4. The van der Waals surface area contributed by atoms with Crippen molar-refractivity contribution in [2.24, 2.45) is 35.5 Å². The molecule has 0 radical (unpaired) electrons. The molecule has 0 amide bonds. The second-order valence-electron chi connectivity index (χ2n) is 7.20. The van der Waals surface area contributed by atoms with Crippen molar-refractivity contribution in [1.29, 1.82) is 0 Å². The molecule has 0 aromatic rings. The third kappa shape index (κ3) is 3.22. The molecule has 0 aromatic carbocycles. The number of hydrogen-bond donors (Lipinski definition) is 0. The molecule has 0 aliphatic carbocycles. The lowest BCUT2D eigenvalue weighted by atomic mass is 9.70. The summed E-state index contributed by atoms with van der Waals surface area (Å²) in [4.78, 5) is 0. The first-order chi connectivity index (χ1) is 7.77. The van der Waals surface area contributed by atoms with Gasteiger partial charge in [-0.25, -0.2) is 0 Å². The topological polar surface area (TPSA) is 0 Å². The highest BCUT2D eigenvalue weighted by Crippen LogP contribution is 2.53. The van der Waals surface area contributed by atoms with E-state index in [9.17, 15) is 0 Å². The van der Waals surface area contributed by atoms with Crippen molar-refractivity contribution in [2.45, 2.75) is 65.9 Å². The van der Waals surface area contributed by atoms with Gasteiger partial charge in [0, 0.05) is 10.5 Å². The van der Waals surface area contributed by atoms with E-state index < -0.39 is 0 Å². The zero-order chi connectivity index (χ0) is 13.3. The molecule has 1 heteroatoms. The van der Waals surface area contributed by atoms with Gasteiger partial charge in [0.2, 0.25) is 0 Å². The van der Waals surface area contributed by atoms with Gasteiger partial charge in [-0.2, -0.15) is 11.8 Å². The molecule has 1 saturated heterocycles. The molecule has 1 aliphatic rings. The molecule has 102 valence electrons. The van der Waals surface area contributed by atoms with E-state index in [2.05, 4.69) is 67.2 Å². The van der Waals surface area contributed by atoms with Crippen LogP contribution in [0.15, 0.2) is 0 Å². The second-order valence-corrected chi connectivity index (χ2v) is 8.56. The Kier molecular flexibility index (Phi) is 5.43. The van der Waals surface area contributed by atoms with Crippen LogP contribution >= 0.6 is 11.8 Å². The van der Waals surface area contributed by atoms with E-state index in [1.165, 1.54) is 0 Å². The van der Waals surface area contributed by atoms with E-state index in [1.54, 1.807) is 0 Å². The quantitative estimate of drug-likeness (QED) is 0.655. The maximum atomic E-state index is 2.43. The van der Waals surface area contributed by atoms with Crippen molar-refractivity contribution in [3.8, 4) is 0 Å². The molecule has 1 aliphatic heterocycles. The Labute approximate surface area is 113 Å². The summed E-state index contributed by atoms with van der Waals surface area (Å²) < 4.78 is 0. The van der Waals surface area contributed by atoms with Gasteiger partial charge in [-0.1, -0.05) is 55.4 Å². The highest BCUT2D eigenvalue weighted by atomic mass is 32.2. The van der Waals surface area contributed by atoms with Crippen LogP contribution in [0.4, 0.5) is 0 Å². The first kappa shape index (κ1) is 15.4. The fourth-order valence-electron chi connectivity index (χ4n) is 3.65. The van der Waals surface area contributed by atoms with E-state index in [0.717, 1.165) is 46.0 Å². The van der Waals surface area contributed by atoms with Crippen LogP contribution in [0.2, 0.25) is 0 Å². The van der Waals surface area contributed by atoms with E-state index >= 15 is 0 Å². The fraction of sp³-hybridized carbons (Fsp3) is 1.00. The average molecular weight is 256 g/mol. The Morgan fingerprint density at radius 2 is 0.824 bits per heavy atom. The van der Waals surface area contributed by atoms with Crippen molar-refractivity contribution >= 4 is 11.8 Å². The molecule has 0 nitrogen and oxygen atoms in total. The highest BCUT2D eigenvalue weighted by Gasteiger charge is 2.47. The van der Waals surface area contributed by atoms with Crippen molar-refractivity contribution < 1.29 is 0 Å². The number of hydrogen-bond acceptors (Lipinski definition) is 1. The summed E-state index contributed by atoms with van der Waals surface area (Å²) in [5.41, 5.74) is 0. The van der Waals surface area contributed by atoms with Gasteiger partial charge < -0.3 is 0 Å². The van der Waals surface area contributed by atoms with Crippen LogP contribution in [-0.2, 0) is 0 Å². The molecule has 0 spiro atoms. The smallest absolute Gasteiger partial charge is 0.0107 e. The van der Waals surface area contributed by atoms with E-state index in [0.29, 0.717) is 0 Å². The lowest BCUT2D eigenvalue weighted by Gasteiger charge is -2.34. The van der Waals surface area contributed by atoms with Gasteiger partial charge in [0.15, 0.2) is 0 Å². The van der Waals surface area contributed by atoms with Crippen molar-refractivity contribution in [1.82, 2.24) is 0 Å². The molecule has 4 atom stereocenters. The van der Waals surface area contributed by atoms with Crippen molar-refractivity contribution in [2.75, 3.05) is 0 Å². The monoisotopic (exact) mass is 256 g/mol. The third-order valence-corrected chi connectivity index (χ3v) is 6.72. The van der Waals surface area contributed by atoms with Gasteiger partial charge in [-0.15, -0.1) is 0 Å². The SMILES string of the molecule is CC(C)C1SC(C(C)C)C(C(C)C)C1C(C)C. The summed E-state index contributed by atoms with van der Waals surface area (Å²) in [6, 6.07) is 0. The Morgan fingerprint density at radius 1 is 0.529 bits per heavy atom. The summed E-state index contributed by atoms with van der Waals surface area (Å²) in [5, 5.41) is 1.74. The lowest BCUT2D eigenvalue weighted by Crippen LogP contribution is -2.33. The van der Waals surface area contributed by atoms with Crippen LogP contribution in [0.3, 0.4) is 0 Å². The van der Waals surface area contributed by atoms with Crippen LogP contribution in [-0.4, -0.2) is 10.5 Å². The molecular weight excluding hydrogens is 224 g/mol. The first-order valence-electron chi connectivity index (χ1n) is 7.42. The fourth-order valence-corrected chi connectivity index (χ4v) is 6.00. The van der Waals surface area contributed by atoms with Crippen LogP contribution in [0.1, 0.15) is 55.4 Å². The summed E-state index contributed by atoms with van der Waals surface area (Å²) in [5.74, 6) is 5.10. The van der Waals surface area contributed by atoms with E-state index in [1.807, 2.05) is 0 Å². The summed E-state index contributed by atoms with van der Waals surface area (Å²) in [7, 11) is 0. The second kappa shape index (κ2) is 5.99. The minimum atomic E-state index is 0.817. The zero-order valence-electron chi connectivity index (χ0n) is 13.0. The van der Waals surface area contributed by atoms with Gasteiger partial charge in [0.25, 0.3) is 0 Å². The zero-order valence-corrected chi connectivity index (χ0v) is 13.8. The van der Waals surface area contributed by atoms with Gasteiger partial charge in [-0.05, 0) is 35.5 Å². The maximum absolute atomic E-state index is 2.43. The predicted octanol–water partition coefficient (Wildman–Crippen LogP) is 5.33. The molecule has 17 heavy (non-hydrogen) atoms. The van der Waals surface area contributed by atoms with Crippen LogP contribution in [0, 0.1) is 35.5 Å². The van der Waals surface area contributed by atoms with Crippen LogP contribution in [0.5, 0.6) is 0 Å². The standard InChI is InChI=1S/C16H32S/c1-9(2)13-14(10(3)4)16(12(7)8)17-15(13)11(5)6/h9-16H,1-8H3. The molecule has 0 bridgehead atoms. The number of thioether (sulfide) groups is 1. The summed E-state index contributed by atoms with van der Waals surface area (Å²) >= 11 is 2.30. The summed E-state index contributed by atoms with van der Waals surface area (Å²) in [6.07, 6.45) is 0. The average Bonchev–Trinajstić information content (AvgIpc) is 2.56. The molecule has 4 unspecified atom stereocenters. The predicted molar refractivity (Wildman–Crippen MR) is 81.5 cm³/mol. The first-order valence-corrected chi connectivity index (χ1v) is 8.37. The van der Waals surface area contributed by atoms with Crippen LogP contribution < -0.4 is 0 Å². The van der Waals surface area contributed by atoms with Crippen molar-refractivity contribution in [3.63, 3.8) is 0 Å². The maximum Gasteiger partial charge on any atom is 0.0107 e. The molecule has 0 N–H and O–H groups in total. The Balaban J connectivity index is 3.00. The van der Waals surface area contributed by atoms with Gasteiger partial charge in [-0.3, -0.25) is 0 Å².